The number of thioether (sulfide) groups is 1. The van der Waals surface area contributed by atoms with Gasteiger partial charge in [-0.1, -0.05) is 11.8 Å². The van der Waals surface area contributed by atoms with Crippen LogP contribution in [0, 0.1) is 0 Å². The Morgan fingerprint density at radius 1 is 1.45 bits per heavy atom. The fourth-order valence-corrected chi connectivity index (χ4v) is 3.38. The van der Waals surface area contributed by atoms with Crippen LogP contribution in [0.1, 0.15) is 20.3 Å². The smallest absolute Gasteiger partial charge is 0.353 e. The first-order valence-corrected chi connectivity index (χ1v) is 7.45. The number of nitrogens with one attached hydrogen (secondary N) is 1. The number of rotatable bonds is 5. The van der Waals surface area contributed by atoms with E-state index in [4.69, 9.17) is 0 Å². The molecule has 2 rings (SSSR count). The van der Waals surface area contributed by atoms with Crippen LogP contribution in [0.4, 0.5) is 0 Å². The maximum absolute atomic E-state index is 11.4. The van der Waals surface area contributed by atoms with Gasteiger partial charge in [0.25, 0.3) is 0 Å². The Balaban J connectivity index is 0.00000242. The molecule has 1 radical (unpaired) electrons. The molecular formula is C14H18N2NaO4S. The molecule has 0 aliphatic carbocycles. The number of carbonyl (C=O) groups is 2. The Labute approximate surface area is 155 Å². The third kappa shape index (κ3) is 3.97. The maximum atomic E-state index is 11.4. The summed E-state index contributed by atoms with van der Waals surface area (Å²) < 4.78 is 0. The molecule has 1 atom stereocenters. The zero-order valence-corrected chi connectivity index (χ0v) is 15.7. The van der Waals surface area contributed by atoms with Gasteiger partial charge in [-0.2, -0.15) is 0 Å². The SMILES string of the molecule is CC(=O)NC=CSC1=C(C(=O)O)N2CC(=C(C)CO)C2C1.[Na]. The van der Waals surface area contributed by atoms with E-state index in [1.807, 2.05) is 11.8 Å². The topological polar surface area (TPSA) is 89.9 Å². The van der Waals surface area contributed by atoms with Crippen LogP contribution in [-0.4, -0.2) is 75.7 Å². The second-order valence-electron chi connectivity index (χ2n) is 5.01. The van der Waals surface area contributed by atoms with E-state index in [1.54, 1.807) is 5.41 Å². The van der Waals surface area contributed by atoms with Crippen molar-refractivity contribution in [1.29, 1.82) is 0 Å². The van der Waals surface area contributed by atoms with Crippen molar-refractivity contribution in [2.45, 2.75) is 26.3 Å². The van der Waals surface area contributed by atoms with Crippen LogP contribution in [0.15, 0.2) is 33.4 Å². The zero-order valence-electron chi connectivity index (χ0n) is 12.9. The molecule has 1 fully saturated rings. The molecule has 22 heavy (non-hydrogen) atoms. The van der Waals surface area contributed by atoms with Gasteiger partial charge in [-0.3, -0.25) is 4.79 Å². The second kappa shape index (κ2) is 8.21. The first-order chi connectivity index (χ1) is 9.95. The molecular weight excluding hydrogens is 315 g/mol. The molecule has 0 aromatic rings. The van der Waals surface area contributed by atoms with Crippen LogP contribution in [0.2, 0.25) is 0 Å². The van der Waals surface area contributed by atoms with Crippen molar-refractivity contribution in [1.82, 2.24) is 10.2 Å². The van der Waals surface area contributed by atoms with Gasteiger partial charge in [0.1, 0.15) is 5.70 Å². The molecule has 1 unspecified atom stereocenters. The second-order valence-corrected chi connectivity index (χ2v) is 6.01. The molecule has 1 amide bonds. The van der Waals surface area contributed by atoms with E-state index < -0.39 is 5.97 Å². The summed E-state index contributed by atoms with van der Waals surface area (Å²) in [5.41, 5.74) is 2.37. The Morgan fingerprint density at radius 2 is 2.14 bits per heavy atom. The number of nitrogens with zero attached hydrogens (tertiary/aromatic N) is 1. The Hall–Kier alpha value is -0.730. The van der Waals surface area contributed by atoms with Crippen molar-refractivity contribution >= 4 is 53.2 Å². The van der Waals surface area contributed by atoms with E-state index in [1.165, 1.54) is 24.9 Å². The summed E-state index contributed by atoms with van der Waals surface area (Å²) in [7, 11) is 0. The van der Waals surface area contributed by atoms with Crippen molar-refractivity contribution < 1.29 is 19.8 Å². The van der Waals surface area contributed by atoms with Crippen molar-refractivity contribution in [2.24, 2.45) is 0 Å². The molecule has 6 nitrogen and oxygen atoms in total. The molecule has 0 aromatic heterocycles. The summed E-state index contributed by atoms with van der Waals surface area (Å²) in [6.07, 6.45) is 2.13. The zero-order chi connectivity index (χ0) is 15.6. The minimum atomic E-state index is -0.936. The molecule has 2 aliphatic rings. The van der Waals surface area contributed by atoms with E-state index in [0.717, 1.165) is 16.1 Å². The van der Waals surface area contributed by atoms with E-state index >= 15 is 0 Å². The number of aliphatic hydroxyl groups is 1. The van der Waals surface area contributed by atoms with Crippen LogP contribution in [0.3, 0.4) is 0 Å². The van der Waals surface area contributed by atoms with Gasteiger partial charge < -0.3 is 20.4 Å². The Bertz CT molecular complexity index is 571. The molecule has 2 heterocycles. The van der Waals surface area contributed by atoms with Crippen molar-refractivity contribution in [2.75, 3.05) is 13.2 Å². The summed E-state index contributed by atoms with van der Waals surface area (Å²) in [5, 5.41) is 22.7. The van der Waals surface area contributed by atoms with Gasteiger partial charge in [-0.25, -0.2) is 4.79 Å². The summed E-state index contributed by atoms with van der Waals surface area (Å²) in [6.45, 7) is 3.85. The molecule has 1 saturated heterocycles. The monoisotopic (exact) mass is 333 g/mol. The standard InChI is InChI=1S/C14H18N2O4S.Na/c1-8(7-17)10-6-16-11(10)5-12(13(16)14(19)20)21-4-3-15-9(2)18;/h3-4,11,17H,5-7H2,1-2H3,(H,15,18)(H,19,20);. The number of fused-ring (bicyclic) bond motifs is 1. The number of carbonyl (C=O) groups excluding carboxylic acids is 1. The van der Waals surface area contributed by atoms with Gasteiger partial charge in [0.05, 0.1) is 12.6 Å². The number of carboxylic acid groups (broad SMARTS) is 1. The van der Waals surface area contributed by atoms with Crippen LogP contribution in [0.5, 0.6) is 0 Å². The summed E-state index contributed by atoms with van der Waals surface area (Å²) in [6, 6.07) is 0.0555. The van der Waals surface area contributed by atoms with E-state index in [9.17, 15) is 19.8 Å². The fraction of sp³-hybridized carbons (Fsp3) is 0.429. The average molecular weight is 333 g/mol. The quantitative estimate of drug-likeness (QED) is 0.505. The first-order valence-electron chi connectivity index (χ1n) is 6.57. The van der Waals surface area contributed by atoms with Crippen LogP contribution >= 0.6 is 11.8 Å². The first kappa shape index (κ1) is 19.3. The summed E-state index contributed by atoms with van der Waals surface area (Å²) in [5.74, 6) is -1.10. The van der Waals surface area contributed by atoms with Crippen molar-refractivity contribution in [3.63, 3.8) is 0 Å². The molecule has 3 N–H and O–H groups in total. The average Bonchev–Trinajstić information content (AvgIpc) is 2.68. The minimum Gasteiger partial charge on any atom is -0.477 e. The van der Waals surface area contributed by atoms with Crippen LogP contribution < -0.4 is 5.32 Å². The Kier molecular flexibility index (Phi) is 7.21. The molecule has 0 aromatic carbocycles. The fourth-order valence-electron chi connectivity index (χ4n) is 2.51. The van der Waals surface area contributed by atoms with Gasteiger partial charge in [-0.05, 0) is 23.5 Å². The van der Waals surface area contributed by atoms with E-state index in [2.05, 4.69) is 5.32 Å². The minimum absolute atomic E-state index is 0. The number of aliphatic hydroxyl groups excluding tert-OH is 1. The summed E-state index contributed by atoms with van der Waals surface area (Å²) >= 11 is 1.31. The predicted octanol–water partition coefficient (Wildman–Crippen LogP) is 0.639. The number of hydrogen-bond acceptors (Lipinski definition) is 5. The predicted molar refractivity (Wildman–Crippen MR) is 85.9 cm³/mol. The summed E-state index contributed by atoms with van der Waals surface area (Å²) in [4.78, 5) is 24.8. The molecule has 0 bridgehead atoms. The Morgan fingerprint density at radius 3 is 2.68 bits per heavy atom. The third-order valence-corrected chi connectivity index (χ3v) is 4.52. The maximum Gasteiger partial charge on any atom is 0.353 e. The van der Waals surface area contributed by atoms with Crippen molar-refractivity contribution in [3.8, 4) is 0 Å². The largest absolute Gasteiger partial charge is 0.477 e. The van der Waals surface area contributed by atoms with Crippen LogP contribution in [-0.2, 0) is 9.59 Å². The number of carboxylic acids is 1. The molecule has 2 aliphatic heterocycles. The number of amides is 1. The van der Waals surface area contributed by atoms with Gasteiger partial charge >= 0.3 is 5.97 Å². The molecule has 0 spiro atoms. The van der Waals surface area contributed by atoms with Gasteiger partial charge in [0.2, 0.25) is 5.91 Å². The molecule has 8 heteroatoms. The third-order valence-electron chi connectivity index (χ3n) is 3.60. The van der Waals surface area contributed by atoms with Gasteiger partial charge in [-0.15, -0.1) is 0 Å². The van der Waals surface area contributed by atoms with Crippen LogP contribution in [0.25, 0.3) is 0 Å². The van der Waals surface area contributed by atoms with Gasteiger partial charge in [0, 0.05) is 60.6 Å². The number of aliphatic carboxylic acids is 1. The molecule has 0 saturated carbocycles. The number of hydrogen-bond donors (Lipinski definition) is 3. The van der Waals surface area contributed by atoms with Crippen molar-refractivity contribution in [3.05, 3.63) is 33.4 Å². The van der Waals surface area contributed by atoms with E-state index in [-0.39, 0.29) is 48.1 Å². The normalized spacial score (nSPS) is 22.1. The van der Waals surface area contributed by atoms with E-state index in [0.29, 0.717) is 18.7 Å². The van der Waals surface area contributed by atoms with Gasteiger partial charge in [0.15, 0.2) is 0 Å². The molecule has 115 valence electrons.